The summed E-state index contributed by atoms with van der Waals surface area (Å²) in [6.07, 6.45) is 0. The fourth-order valence-electron chi connectivity index (χ4n) is 1.75. The smallest absolute Gasteiger partial charge is 0.353 e. The summed E-state index contributed by atoms with van der Waals surface area (Å²) in [5.74, 6) is -0.832. The summed E-state index contributed by atoms with van der Waals surface area (Å²) in [4.78, 5) is 10.8. The third kappa shape index (κ3) is 1.88. The van der Waals surface area contributed by atoms with E-state index in [-0.39, 0.29) is 17.2 Å². The molecule has 0 radical (unpaired) electrons. The second kappa shape index (κ2) is 4.40. The fourth-order valence-corrected chi connectivity index (χ4v) is 1.75. The Morgan fingerprint density at radius 1 is 1.44 bits per heavy atom. The molecule has 1 aromatic carbocycles. The molecule has 2 rings (SSSR count). The molecule has 6 heteroatoms. The lowest BCUT2D eigenvalue weighted by molar-refractivity contribution is 0.0690. The monoisotopic (exact) mass is 248 g/mol. The number of aromatic nitrogens is 2. The first-order valence-corrected chi connectivity index (χ1v) is 5.20. The number of carbonyl (C=O) groups is 1. The van der Waals surface area contributed by atoms with Crippen LogP contribution in [-0.4, -0.2) is 33.5 Å². The van der Waals surface area contributed by atoms with Gasteiger partial charge in [-0.2, -0.15) is 5.10 Å². The summed E-state index contributed by atoms with van der Waals surface area (Å²) < 4.78 is 5.13. The van der Waals surface area contributed by atoms with Crippen molar-refractivity contribution in [3.63, 3.8) is 0 Å². The van der Waals surface area contributed by atoms with Gasteiger partial charge in [-0.05, 0) is 24.6 Å². The molecule has 0 saturated heterocycles. The Bertz CT molecular complexity index is 604. The van der Waals surface area contributed by atoms with Crippen LogP contribution in [0.5, 0.6) is 11.5 Å². The molecule has 0 aliphatic rings. The maximum Gasteiger partial charge on any atom is 0.353 e. The van der Waals surface area contributed by atoms with E-state index in [2.05, 4.69) is 10.2 Å². The SMILES string of the molecule is COc1c(O)ccc(C)c1-c1cc(C(=O)O)[nH]n1. The molecular formula is C12H12N2O4. The average Bonchev–Trinajstić information content (AvgIpc) is 2.81. The number of nitrogens with zero attached hydrogens (tertiary/aromatic N) is 1. The van der Waals surface area contributed by atoms with Gasteiger partial charge < -0.3 is 14.9 Å². The van der Waals surface area contributed by atoms with Gasteiger partial charge in [-0.25, -0.2) is 4.79 Å². The first-order chi connectivity index (χ1) is 8.54. The topological polar surface area (TPSA) is 95.4 Å². The number of phenols is 1. The van der Waals surface area contributed by atoms with Gasteiger partial charge in [0.2, 0.25) is 0 Å². The van der Waals surface area contributed by atoms with E-state index in [1.54, 1.807) is 6.07 Å². The molecule has 18 heavy (non-hydrogen) atoms. The van der Waals surface area contributed by atoms with Gasteiger partial charge in [-0.1, -0.05) is 6.07 Å². The van der Waals surface area contributed by atoms with Crippen LogP contribution in [0.2, 0.25) is 0 Å². The van der Waals surface area contributed by atoms with Gasteiger partial charge in [-0.15, -0.1) is 0 Å². The molecule has 1 aromatic heterocycles. The number of aryl methyl sites for hydroxylation is 1. The number of carboxylic acids is 1. The number of rotatable bonds is 3. The van der Waals surface area contributed by atoms with Crippen LogP contribution < -0.4 is 4.74 Å². The van der Waals surface area contributed by atoms with Gasteiger partial charge in [0.25, 0.3) is 0 Å². The molecule has 1 heterocycles. The molecule has 0 bridgehead atoms. The Labute approximate surface area is 103 Å². The third-order valence-corrected chi connectivity index (χ3v) is 2.61. The second-order valence-corrected chi connectivity index (χ2v) is 3.78. The van der Waals surface area contributed by atoms with Crippen LogP contribution >= 0.6 is 0 Å². The molecule has 2 aromatic rings. The fraction of sp³-hybridized carbons (Fsp3) is 0.167. The number of aromatic carboxylic acids is 1. The minimum Gasteiger partial charge on any atom is -0.504 e. The zero-order valence-corrected chi connectivity index (χ0v) is 9.89. The normalized spacial score (nSPS) is 10.3. The second-order valence-electron chi connectivity index (χ2n) is 3.78. The van der Waals surface area contributed by atoms with Crippen LogP contribution in [0.4, 0.5) is 0 Å². The predicted molar refractivity (Wildman–Crippen MR) is 63.9 cm³/mol. The molecule has 6 nitrogen and oxygen atoms in total. The van der Waals surface area contributed by atoms with Crippen LogP contribution in [-0.2, 0) is 0 Å². The minimum absolute atomic E-state index is 0.0158. The van der Waals surface area contributed by atoms with E-state index in [4.69, 9.17) is 9.84 Å². The third-order valence-electron chi connectivity index (χ3n) is 2.61. The number of benzene rings is 1. The zero-order valence-electron chi connectivity index (χ0n) is 9.89. The quantitative estimate of drug-likeness (QED) is 0.769. The number of nitrogens with one attached hydrogen (secondary N) is 1. The summed E-state index contributed by atoms with van der Waals surface area (Å²) in [7, 11) is 1.43. The molecule has 0 saturated carbocycles. The lowest BCUT2D eigenvalue weighted by Gasteiger charge is -2.10. The van der Waals surface area contributed by atoms with Crippen molar-refractivity contribution >= 4 is 5.97 Å². The number of aromatic amines is 1. The van der Waals surface area contributed by atoms with Crippen molar-refractivity contribution in [1.82, 2.24) is 10.2 Å². The van der Waals surface area contributed by atoms with Crippen molar-refractivity contribution in [2.24, 2.45) is 0 Å². The molecule has 0 amide bonds. The van der Waals surface area contributed by atoms with Crippen molar-refractivity contribution in [3.8, 4) is 22.8 Å². The first kappa shape index (κ1) is 12.0. The van der Waals surface area contributed by atoms with Crippen molar-refractivity contribution in [2.75, 3.05) is 7.11 Å². The van der Waals surface area contributed by atoms with Crippen molar-refractivity contribution in [3.05, 3.63) is 29.5 Å². The maximum absolute atomic E-state index is 10.8. The highest BCUT2D eigenvalue weighted by Gasteiger charge is 2.17. The Morgan fingerprint density at radius 2 is 2.17 bits per heavy atom. The number of H-pyrrole nitrogens is 1. The molecule has 0 aliphatic heterocycles. The number of phenolic OH excluding ortho intramolecular Hbond substituents is 1. The Balaban J connectivity index is 2.62. The standard InChI is InChI=1S/C12H12N2O4/c1-6-3-4-9(15)11(18-2)10(6)7-5-8(12(16)17)14-13-7/h3-5,15H,1-2H3,(H,13,14)(H,16,17). The van der Waals surface area contributed by atoms with Crippen LogP contribution in [0.15, 0.2) is 18.2 Å². The van der Waals surface area contributed by atoms with E-state index >= 15 is 0 Å². The van der Waals surface area contributed by atoms with E-state index in [0.29, 0.717) is 11.3 Å². The van der Waals surface area contributed by atoms with Gasteiger partial charge >= 0.3 is 5.97 Å². The Hall–Kier alpha value is -2.50. The minimum atomic E-state index is -1.09. The van der Waals surface area contributed by atoms with E-state index in [0.717, 1.165) is 5.56 Å². The number of hydrogen-bond donors (Lipinski definition) is 3. The Kier molecular flexibility index (Phi) is 2.93. The highest BCUT2D eigenvalue weighted by molar-refractivity contribution is 5.87. The largest absolute Gasteiger partial charge is 0.504 e. The molecule has 0 atom stereocenters. The van der Waals surface area contributed by atoms with Crippen LogP contribution in [0.1, 0.15) is 16.1 Å². The van der Waals surface area contributed by atoms with Crippen LogP contribution in [0.3, 0.4) is 0 Å². The molecule has 94 valence electrons. The Morgan fingerprint density at radius 3 is 2.72 bits per heavy atom. The summed E-state index contributed by atoms with van der Waals surface area (Å²) >= 11 is 0. The molecule has 0 fully saturated rings. The lowest BCUT2D eigenvalue weighted by atomic mass is 10.0. The number of aromatic hydroxyl groups is 1. The van der Waals surface area contributed by atoms with Gasteiger partial charge in [0.1, 0.15) is 5.69 Å². The van der Waals surface area contributed by atoms with Crippen LogP contribution in [0.25, 0.3) is 11.3 Å². The van der Waals surface area contributed by atoms with E-state index in [1.165, 1.54) is 19.2 Å². The number of hydrogen-bond acceptors (Lipinski definition) is 4. The van der Waals surface area contributed by atoms with Crippen molar-refractivity contribution in [1.29, 1.82) is 0 Å². The highest BCUT2D eigenvalue weighted by Crippen LogP contribution is 2.38. The van der Waals surface area contributed by atoms with Gasteiger partial charge in [0.15, 0.2) is 11.5 Å². The number of ether oxygens (including phenoxy) is 1. The molecule has 0 unspecified atom stereocenters. The molecule has 0 aliphatic carbocycles. The molecule has 3 N–H and O–H groups in total. The summed E-state index contributed by atoms with van der Waals surface area (Å²) in [5.41, 5.74) is 1.79. The average molecular weight is 248 g/mol. The van der Waals surface area contributed by atoms with Gasteiger partial charge in [-0.3, -0.25) is 5.10 Å². The lowest BCUT2D eigenvalue weighted by Crippen LogP contribution is -1.95. The number of methoxy groups -OCH3 is 1. The molecular weight excluding hydrogens is 236 g/mol. The van der Waals surface area contributed by atoms with Gasteiger partial charge in [0.05, 0.1) is 18.4 Å². The van der Waals surface area contributed by atoms with E-state index < -0.39 is 5.97 Å². The highest BCUT2D eigenvalue weighted by atomic mass is 16.5. The number of carboxylic acid groups (broad SMARTS) is 1. The zero-order chi connectivity index (χ0) is 13.3. The predicted octanol–water partition coefficient (Wildman–Crippen LogP) is 1.80. The van der Waals surface area contributed by atoms with E-state index in [9.17, 15) is 9.90 Å². The van der Waals surface area contributed by atoms with E-state index in [1.807, 2.05) is 6.92 Å². The van der Waals surface area contributed by atoms with Crippen molar-refractivity contribution in [2.45, 2.75) is 6.92 Å². The summed E-state index contributed by atoms with van der Waals surface area (Å²) in [6, 6.07) is 4.62. The molecule has 0 spiro atoms. The maximum atomic E-state index is 10.8. The van der Waals surface area contributed by atoms with Gasteiger partial charge in [0, 0.05) is 0 Å². The van der Waals surface area contributed by atoms with Crippen LogP contribution in [0, 0.1) is 6.92 Å². The summed E-state index contributed by atoms with van der Waals surface area (Å²) in [5, 5.41) is 24.9. The first-order valence-electron chi connectivity index (χ1n) is 5.20. The summed E-state index contributed by atoms with van der Waals surface area (Å²) in [6.45, 7) is 1.83. The van der Waals surface area contributed by atoms with Crippen molar-refractivity contribution < 1.29 is 19.7 Å².